The van der Waals surface area contributed by atoms with Gasteiger partial charge in [0.05, 0.1) is 6.20 Å². The van der Waals surface area contributed by atoms with Gasteiger partial charge >= 0.3 is 0 Å². The molecular formula is C19H28N4O. The van der Waals surface area contributed by atoms with E-state index < -0.39 is 0 Å². The normalized spacial score (nSPS) is 12.4. The molecule has 0 saturated carbocycles. The molecule has 0 N–H and O–H groups in total. The fourth-order valence-electron chi connectivity index (χ4n) is 2.90. The summed E-state index contributed by atoms with van der Waals surface area (Å²) in [4.78, 5) is 17.0. The van der Waals surface area contributed by atoms with E-state index in [2.05, 4.69) is 31.1 Å². The second kappa shape index (κ2) is 8.11. The van der Waals surface area contributed by atoms with Crippen LogP contribution in [0.2, 0.25) is 0 Å². The molecule has 0 bridgehead atoms. The highest BCUT2D eigenvalue weighted by Gasteiger charge is 2.27. The average molecular weight is 328 g/mol. The van der Waals surface area contributed by atoms with Crippen molar-refractivity contribution >= 4 is 5.91 Å². The number of aromatic nitrogens is 2. The van der Waals surface area contributed by atoms with E-state index in [4.69, 9.17) is 0 Å². The van der Waals surface area contributed by atoms with Crippen LogP contribution in [-0.2, 0) is 17.9 Å². The van der Waals surface area contributed by atoms with Crippen LogP contribution < -0.4 is 0 Å². The smallest absolute Gasteiger partial charge is 0.244 e. The Morgan fingerprint density at radius 3 is 2.58 bits per heavy atom. The van der Waals surface area contributed by atoms with E-state index in [1.54, 1.807) is 0 Å². The molecule has 0 aliphatic rings. The predicted octanol–water partition coefficient (Wildman–Crippen LogP) is 2.86. The molecule has 130 valence electrons. The van der Waals surface area contributed by atoms with Crippen LogP contribution in [0.1, 0.15) is 36.6 Å². The summed E-state index contributed by atoms with van der Waals surface area (Å²) < 4.78 is 1.89. The summed E-state index contributed by atoms with van der Waals surface area (Å²) in [5, 5.41) is 4.30. The maximum atomic E-state index is 13.2. The molecule has 0 aliphatic heterocycles. The van der Waals surface area contributed by atoms with Crippen molar-refractivity contribution in [3.63, 3.8) is 0 Å². The van der Waals surface area contributed by atoms with E-state index in [1.807, 2.05) is 60.0 Å². The molecular weight excluding hydrogens is 300 g/mol. The Hall–Kier alpha value is -2.14. The van der Waals surface area contributed by atoms with E-state index in [1.165, 1.54) is 5.56 Å². The largest absolute Gasteiger partial charge is 0.337 e. The van der Waals surface area contributed by atoms with Crippen LogP contribution in [0, 0.1) is 6.92 Å². The molecule has 2 rings (SSSR count). The molecule has 0 saturated heterocycles. The van der Waals surface area contributed by atoms with Gasteiger partial charge in [0.2, 0.25) is 5.91 Å². The second-order valence-corrected chi connectivity index (χ2v) is 6.34. The van der Waals surface area contributed by atoms with E-state index >= 15 is 0 Å². The van der Waals surface area contributed by atoms with Crippen molar-refractivity contribution in [1.82, 2.24) is 19.6 Å². The predicted molar refractivity (Wildman–Crippen MR) is 96.6 cm³/mol. The van der Waals surface area contributed by atoms with Gasteiger partial charge in [0.25, 0.3) is 0 Å². The Morgan fingerprint density at radius 2 is 2.04 bits per heavy atom. The lowest BCUT2D eigenvalue weighted by molar-refractivity contribution is -0.136. The van der Waals surface area contributed by atoms with Crippen LogP contribution in [0.15, 0.2) is 36.7 Å². The summed E-state index contributed by atoms with van der Waals surface area (Å²) in [5.41, 5.74) is 3.26. The van der Waals surface area contributed by atoms with E-state index in [0.717, 1.165) is 17.7 Å². The fourth-order valence-corrected chi connectivity index (χ4v) is 2.90. The third-order valence-corrected chi connectivity index (χ3v) is 4.19. The van der Waals surface area contributed by atoms with Crippen molar-refractivity contribution in [3.05, 3.63) is 53.3 Å². The molecule has 1 heterocycles. The van der Waals surface area contributed by atoms with Crippen LogP contribution in [0.4, 0.5) is 0 Å². The lowest BCUT2D eigenvalue weighted by atomic mass is 10.0. The number of aryl methyl sites for hydroxylation is 2. The number of amides is 1. The minimum Gasteiger partial charge on any atom is -0.337 e. The zero-order valence-electron chi connectivity index (χ0n) is 15.4. The standard InChI is InChI=1S/C19H28N4O/c1-6-22(13-16-12-20-23(7-2)14-16)19(24)18(21(4)5)17-10-8-9-15(3)11-17/h8-12,14,18H,6-7,13H2,1-5H3/t18-/m1/s1. The lowest BCUT2D eigenvalue weighted by Crippen LogP contribution is -2.40. The van der Waals surface area contributed by atoms with Crippen molar-refractivity contribution in [2.45, 2.75) is 39.9 Å². The summed E-state index contributed by atoms with van der Waals surface area (Å²) in [6.07, 6.45) is 3.85. The molecule has 2 aromatic rings. The van der Waals surface area contributed by atoms with E-state index in [-0.39, 0.29) is 11.9 Å². The van der Waals surface area contributed by atoms with Crippen molar-refractivity contribution in [2.24, 2.45) is 0 Å². The van der Waals surface area contributed by atoms with Crippen LogP contribution in [0.3, 0.4) is 0 Å². The van der Waals surface area contributed by atoms with Gasteiger partial charge in [0.1, 0.15) is 6.04 Å². The highest BCUT2D eigenvalue weighted by atomic mass is 16.2. The molecule has 1 aromatic carbocycles. The molecule has 0 fully saturated rings. The van der Waals surface area contributed by atoms with Gasteiger partial charge in [-0.3, -0.25) is 14.4 Å². The molecule has 0 spiro atoms. The zero-order valence-corrected chi connectivity index (χ0v) is 15.4. The quantitative estimate of drug-likeness (QED) is 0.785. The lowest BCUT2D eigenvalue weighted by Gasteiger charge is -2.30. The number of hydrogen-bond donors (Lipinski definition) is 0. The summed E-state index contributed by atoms with van der Waals surface area (Å²) in [5.74, 6) is 0.123. The third-order valence-electron chi connectivity index (χ3n) is 4.19. The topological polar surface area (TPSA) is 41.4 Å². The molecule has 5 nitrogen and oxygen atoms in total. The van der Waals surface area contributed by atoms with Crippen LogP contribution in [0.25, 0.3) is 0 Å². The number of carbonyl (C=O) groups excluding carboxylic acids is 1. The van der Waals surface area contributed by atoms with Gasteiger partial charge in [-0.1, -0.05) is 29.8 Å². The number of likely N-dealkylation sites (N-methyl/N-ethyl adjacent to an activating group) is 2. The molecule has 1 atom stereocenters. The SMILES string of the molecule is CCN(Cc1cnn(CC)c1)C(=O)[C@@H](c1cccc(C)c1)N(C)C. The molecule has 24 heavy (non-hydrogen) atoms. The number of carbonyl (C=O) groups is 1. The maximum Gasteiger partial charge on any atom is 0.244 e. The maximum absolute atomic E-state index is 13.2. The van der Waals surface area contributed by atoms with Crippen LogP contribution in [0.5, 0.6) is 0 Å². The van der Waals surface area contributed by atoms with Gasteiger partial charge < -0.3 is 4.90 Å². The minimum absolute atomic E-state index is 0.123. The Bertz CT molecular complexity index is 678. The average Bonchev–Trinajstić information content (AvgIpc) is 3.00. The van der Waals surface area contributed by atoms with Crippen molar-refractivity contribution in [1.29, 1.82) is 0 Å². The van der Waals surface area contributed by atoms with Crippen molar-refractivity contribution in [3.8, 4) is 0 Å². The number of nitrogens with zero attached hydrogens (tertiary/aromatic N) is 4. The van der Waals surface area contributed by atoms with Gasteiger partial charge in [-0.15, -0.1) is 0 Å². The summed E-state index contributed by atoms with van der Waals surface area (Å²) >= 11 is 0. The van der Waals surface area contributed by atoms with Gasteiger partial charge in [0.15, 0.2) is 0 Å². The first-order valence-electron chi connectivity index (χ1n) is 8.49. The van der Waals surface area contributed by atoms with Gasteiger partial charge in [-0.25, -0.2) is 0 Å². The Kier molecular flexibility index (Phi) is 6.15. The molecule has 0 aliphatic carbocycles. The van der Waals surface area contributed by atoms with Crippen molar-refractivity contribution in [2.75, 3.05) is 20.6 Å². The first-order valence-corrected chi connectivity index (χ1v) is 8.49. The van der Waals surface area contributed by atoms with Crippen LogP contribution in [-0.4, -0.2) is 46.1 Å². The minimum atomic E-state index is -0.272. The molecule has 0 radical (unpaired) electrons. The highest BCUT2D eigenvalue weighted by molar-refractivity contribution is 5.83. The molecule has 0 unspecified atom stereocenters. The van der Waals surface area contributed by atoms with Crippen LogP contribution >= 0.6 is 0 Å². The highest BCUT2D eigenvalue weighted by Crippen LogP contribution is 2.23. The van der Waals surface area contributed by atoms with Gasteiger partial charge in [0, 0.05) is 31.4 Å². The molecule has 5 heteroatoms. The number of benzene rings is 1. The van der Waals surface area contributed by atoms with E-state index in [9.17, 15) is 4.79 Å². The van der Waals surface area contributed by atoms with E-state index in [0.29, 0.717) is 13.1 Å². The fraction of sp³-hybridized carbons (Fsp3) is 0.474. The summed E-state index contributed by atoms with van der Waals surface area (Å²) in [6.45, 7) is 8.23. The Balaban J connectivity index is 2.23. The second-order valence-electron chi connectivity index (χ2n) is 6.34. The Labute approximate surface area is 144 Å². The molecule has 1 aromatic heterocycles. The first kappa shape index (κ1) is 18.2. The van der Waals surface area contributed by atoms with Crippen molar-refractivity contribution < 1.29 is 4.79 Å². The summed E-state index contributed by atoms with van der Waals surface area (Å²) in [6, 6.07) is 7.91. The molecule has 1 amide bonds. The monoisotopic (exact) mass is 328 g/mol. The third kappa shape index (κ3) is 4.23. The van der Waals surface area contributed by atoms with Gasteiger partial charge in [-0.05, 0) is 40.4 Å². The number of hydrogen-bond acceptors (Lipinski definition) is 3. The van der Waals surface area contributed by atoms with Gasteiger partial charge in [-0.2, -0.15) is 5.10 Å². The Morgan fingerprint density at radius 1 is 1.29 bits per heavy atom. The first-order chi connectivity index (χ1) is 11.5. The zero-order chi connectivity index (χ0) is 17.7. The number of rotatable bonds is 7. The summed E-state index contributed by atoms with van der Waals surface area (Å²) in [7, 11) is 3.90.